The summed E-state index contributed by atoms with van der Waals surface area (Å²) in [6.07, 6.45) is 4.65. The molecule has 5 nitrogen and oxygen atoms in total. The maximum Gasteiger partial charge on any atom is 0.237 e. The van der Waals surface area contributed by atoms with Crippen LogP contribution in [0.2, 0.25) is 0 Å². The number of nitrogens with zero attached hydrogens (tertiary/aromatic N) is 1. The van der Waals surface area contributed by atoms with Gasteiger partial charge in [-0.05, 0) is 32.9 Å². The first kappa shape index (κ1) is 17.6. The van der Waals surface area contributed by atoms with Crippen LogP contribution < -0.4 is 14.8 Å². The molecule has 0 aromatic heterocycles. The third-order valence-electron chi connectivity index (χ3n) is 4.66. The third-order valence-corrected chi connectivity index (χ3v) is 4.66. The van der Waals surface area contributed by atoms with Gasteiger partial charge in [-0.2, -0.15) is 0 Å². The molecular weight excluding hydrogens is 292 g/mol. The van der Waals surface area contributed by atoms with Gasteiger partial charge in [0.2, 0.25) is 5.91 Å². The fraction of sp³-hybridized carbons (Fsp3) is 0.611. The Bertz CT molecular complexity index is 527. The minimum atomic E-state index is -0.178. The van der Waals surface area contributed by atoms with Gasteiger partial charge >= 0.3 is 0 Å². The minimum Gasteiger partial charge on any atom is -0.497 e. The zero-order chi connectivity index (χ0) is 16.8. The molecule has 5 heteroatoms. The lowest BCUT2D eigenvalue weighted by molar-refractivity contribution is -0.126. The summed E-state index contributed by atoms with van der Waals surface area (Å²) in [6.45, 7) is 2.59. The van der Waals surface area contributed by atoms with Crippen molar-refractivity contribution in [1.29, 1.82) is 0 Å². The van der Waals surface area contributed by atoms with E-state index in [1.54, 1.807) is 14.2 Å². The molecule has 128 valence electrons. The Labute approximate surface area is 139 Å². The molecule has 1 fully saturated rings. The summed E-state index contributed by atoms with van der Waals surface area (Å²) in [6, 6.07) is 5.94. The lowest BCUT2D eigenvalue weighted by Gasteiger charge is -2.26. The minimum absolute atomic E-state index is 0.104. The van der Waals surface area contributed by atoms with Crippen LogP contribution in [0.4, 0.5) is 0 Å². The molecule has 2 rings (SSSR count). The molecule has 1 amide bonds. The molecule has 0 saturated heterocycles. The van der Waals surface area contributed by atoms with Gasteiger partial charge in [-0.15, -0.1) is 0 Å². The standard InChI is InChI=1S/C18H28N2O3/c1-13(18(21)19-15-7-5-6-8-15)20(2)12-14-9-10-16(22-3)11-17(14)23-4/h9-11,13,15H,5-8,12H2,1-4H3,(H,19,21)/t13-/m0/s1. The van der Waals surface area contributed by atoms with E-state index < -0.39 is 0 Å². The average molecular weight is 320 g/mol. The molecule has 1 saturated carbocycles. The quantitative estimate of drug-likeness (QED) is 0.839. The average Bonchev–Trinajstić information content (AvgIpc) is 3.07. The molecule has 23 heavy (non-hydrogen) atoms. The number of hydrogen-bond acceptors (Lipinski definition) is 4. The van der Waals surface area contributed by atoms with Crippen molar-refractivity contribution in [2.45, 2.75) is 51.2 Å². The SMILES string of the molecule is COc1ccc(CN(C)[C@@H](C)C(=O)NC2CCCC2)c(OC)c1. The van der Waals surface area contributed by atoms with Gasteiger partial charge in [0.25, 0.3) is 0 Å². The molecule has 1 atom stereocenters. The van der Waals surface area contributed by atoms with Gasteiger partial charge in [0.05, 0.1) is 20.3 Å². The molecule has 1 aromatic rings. The highest BCUT2D eigenvalue weighted by atomic mass is 16.5. The Morgan fingerprint density at radius 1 is 1.30 bits per heavy atom. The summed E-state index contributed by atoms with van der Waals surface area (Å²) in [7, 11) is 5.24. The van der Waals surface area contributed by atoms with Gasteiger partial charge in [-0.1, -0.05) is 18.9 Å². The largest absolute Gasteiger partial charge is 0.497 e. The molecule has 1 aromatic carbocycles. The zero-order valence-electron chi connectivity index (χ0n) is 14.6. The van der Waals surface area contributed by atoms with E-state index in [0.717, 1.165) is 29.9 Å². The van der Waals surface area contributed by atoms with Crippen molar-refractivity contribution in [3.05, 3.63) is 23.8 Å². The van der Waals surface area contributed by atoms with Gasteiger partial charge in [0.15, 0.2) is 0 Å². The van der Waals surface area contributed by atoms with Gasteiger partial charge in [-0.25, -0.2) is 0 Å². The predicted molar refractivity (Wildman–Crippen MR) is 90.9 cm³/mol. The van der Waals surface area contributed by atoms with Crippen LogP contribution in [0.15, 0.2) is 18.2 Å². The number of ether oxygens (including phenoxy) is 2. The van der Waals surface area contributed by atoms with Crippen LogP contribution in [-0.2, 0) is 11.3 Å². The van der Waals surface area contributed by atoms with Crippen LogP contribution in [-0.4, -0.2) is 44.2 Å². The van der Waals surface area contributed by atoms with E-state index in [0.29, 0.717) is 12.6 Å². The second kappa shape index (κ2) is 8.20. The van der Waals surface area contributed by atoms with E-state index in [9.17, 15) is 4.79 Å². The number of benzene rings is 1. The lowest BCUT2D eigenvalue weighted by Crippen LogP contribution is -2.46. The third kappa shape index (κ3) is 4.61. The van der Waals surface area contributed by atoms with E-state index in [1.807, 2.05) is 37.1 Å². The maximum atomic E-state index is 12.4. The van der Waals surface area contributed by atoms with Gasteiger partial charge in [0, 0.05) is 24.2 Å². The molecule has 0 radical (unpaired) electrons. The molecular formula is C18H28N2O3. The van der Waals surface area contributed by atoms with Crippen LogP contribution in [0.3, 0.4) is 0 Å². The van der Waals surface area contributed by atoms with Crippen LogP contribution in [0.5, 0.6) is 11.5 Å². The first-order chi connectivity index (χ1) is 11.0. The number of nitrogens with one attached hydrogen (secondary N) is 1. The molecule has 0 aliphatic heterocycles. The fourth-order valence-electron chi connectivity index (χ4n) is 2.98. The highest BCUT2D eigenvalue weighted by Crippen LogP contribution is 2.26. The monoisotopic (exact) mass is 320 g/mol. The highest BCUT2D eigenvalue weighted by molar-refractivity contribution is 5.81. The number of carbonyl (C=O) groups excluding carboxylic acids is 1. The van der Waals surface area contributed by atoms with Gasteiger partial charge < -0.3 is 14.8 Å². The van der Waals surface area contributed by atoms with Crippen LogP contribution in [0.1, 0.15) is 38.2 Å². The van der Waals surface area contributed by atoms with Crippen LogP contribution in [0.25, 0.3) is 0 Å². The van der Waals surface area contributed by atoms with Crippen molar-refractivity contribution in [1.82, 2.24) is 10.2 Å². The van der Waals surface area contributed by atoms with Crippen molar-refractivity contribution < 1.29 is 14.3 Å². The smallest absolute Gasteiger partial charge is 0.237 e. The number of rotatable bonds is 7. The molecule has 0 heterocycles. The first-order valence-electron chi connectivity index (χ1n) is 8.26. The van der Waals surface area contributed by atoms with Crippen molar-refractivity contribution in [3.8, 4) is 11.5 Å². The van der Waals surface area contributed by atoms with Gasteiger partial charge in [0.1, 0.15) is 11.5 Å². The number of methoxy groups -OCH3 is 2. The van der Waals surface area contributed by atoms with Crippen molar-refractivity contribution >= 4 is 5.91 Å². The summed E-state index contributed by atoms with van der Waals surface area (Å²) < 4.78 is 10.6. The molecule has 0 unspecified atom stereocenters. The maximum absolute atomic E-state index is 12.4. The Kier molecular flexibility index (Phi) is 6.28. The summed E-state index contributed by atoms with van der Waals surface area (Å²) >= 11 is 0. The number of likely N-dealkylation sites (N-methyl/N-ethyl adjacent to an activating group) is 1. The normalized spacial score (nSPS) is 16.4. The summed E-state index contributed by atoms with van der Waals surface area (Å²) in [5.74, 6) is 1.65. The highest BCUT2D eigenvalue weighted by Gasteiger charge is 2.23. The predicted octanol–water partition coefficient (Wildman–Crippen LogP) is 2.58. The van der Waals surface area contributed by atoms with Crippen molar-refractivity contribution in [2.75, 3.05) is 21.3 Å². The van der Waals surface area contributed by atoms with E-state index in [1.165, 1.54) is 12.8 Å². The van der Waals surface area contributed by atoms with E-state index >= 15 is 0 Å². The Balaban J connectivity index is 1.97. The van der Waals surface area contributed by atoms with Crippen molar-refractivity contribution in [2.24, 2.45) is 0 Å². The summed E-state index contributed by atoms with van der Waals surface area (Å²) in [4.78, 5) is 14.4. The van der Waals surface area contributed by atoms with Crippen molar-refractivity contribution in [3.63, 3.8) is 0 Å². The Hall–Kier alpha value is -1.75. The zero-order valence-corrected chi connectivity index (χ0v) is 14.6. The van der Waals surface area contributed by atoms with E-state index in [2.05, 4.69) is 5.32 Å². The summed E-state index contributed by atoms with van der Waals surface area (Å²) in [5, 5.41) is 3.16. The second-order valence-corrected chi connectivity index (χ2v) is 6.26. The lowest BCUT2D eigenvalue weighted by atomic mass is 10.1. The molecule has 0 spiro atoms. The van der Waals surface area contributed by atoms with E-state index in [4.69, 9.17) is 9.47 Å². The first-order valence-corrected chi connectivity index (χ1v) is 8.26. The van der Waals surface area contributed by atoms with E-state index in [-0.39, 0.29) is 11.9 Å². The number of hydrogen-bond donors (Lipinski definition) is 1. The Morgan fingerprint density at radius 2 is 2.00 bits per heavy atom. The number of amides is 1. The molecule has 1 aliphatic rings. The summed E-state index contributed by atoms with van der Waals surface area (Å²) in [5.41, 5.74) is 1.04. The second-order valence-electron chi connectivity index (χ2n) is 6.26. The Morgan fingerprint density at radius 3 is 2.61 bits per heavy atom. The molecule has 1 aliphatic carbocycles. The molecule has 1 N–H and O–H groups in total. The topological polar surface area (TPSA) is 50.8 Å². The van der Waals surface area contributed by atoms with Gasteiger partial charge in [-0.3, -0.25) is 9.69 Å². The number of carbonyl (C=O) groups is 1. The fourth-order valence-corrected chi connectivity index (χ4v) is 2.98. The van der Waals surface area contributed by atoms with Crippen LogP contribution >= 0.6 is 0 Å². The van der Waals surface area contributed by atoms with Crippen LogP contribution in [0, 0.1) is 0 Å². The molecule has 0 bridgehead atoms.